The molecule has 0 saturated heterocycles. The van der Waals surface area contributed by atoms with Crippen molar-refractivity contribution in [3.63, 3.8) is 0 Å². The van der Waals surface area contributed by atoms with Crippen molar-refractivity contribution in [2.75, 3.05) is 12.4 Å². The van der Waals surface area contributed by atoms with Gasteiger partial charge in [-0.25, -0.2) is 0 Å². The topological polar surface area (TPSA) is 69.6 Å². The molecule has 1 aromatic rings. The molecule has 0 unspecified atom stereocenters. The number of amides is 1. The number of hydrogen-bond acceptors (Lipinski definition) is 4. The van der Waals surface area contributed by atoms with Gasteiger partial charge in [-0.05, 0) is 58.0 Å². The molecule has 1 aromatic carbocycles. The summed E-state index contributed by atoms with van der Waals surface area (Å²) in [6.45, 7) is 3.36. The number of carbonyl (C=O) groups is 2. The van der Waals surface area contributed by atoms with E-state index in [2.05, 4.69) is 5.32 Å². The highest BCUT2D eigenvalue weighted by Gasteiger charge is 2.34. The van der Waals surface area contributed by atoms with Crippen LogP contribution in [0.3, 0.4) is 0 Å². The van der Waals surface area contributed by atoms with Crippen molar-refractivity contribution in [2.45, 2.75) is 44.9 Å². The Kier molecular flexibility index (Phi) is 4.75. The van der Waals surface area contributed by atoms with Crippen LogP contribution in [-0.2, 0) is 4.79 Å². The highest BCUT2D eigenvalue weighted by Crippen LogP contribution is 2.26. The van der Waals surface area contributed by atoms with Crippen LogP contribution in [0.15, 0.2) is 24.3 Å². The predicted molar refractivity (Wildman–Crippen MR) is 81.3 cm³/mol. The second-order valence-corrected chi connectivity index (χ2v) is 5.74. The first-order chi connectivity index (χ1) is 9.88. The fourth-order valence-corrected chi connectivity index (χ4v) is 2.43. The maximum atomic E-state index is 12.2. The summed E-state index contributed by atoms with van der Waals surface area (Å²) >= 11 is 0. The smallest absolute Gasteiger partial charge is 0.241 e. The average Bonchev–Trinajstić information content (AvgIpc) is 2.43. The zero-order valence-electron chi connectivity index (χ0n) is 12.7. The monoisotopic (exact) mass is 290 g/mol. The highest BCUT2D eigenvalue weighted by atomic mass is 16.3. The Bertz CT molecular complexity index is 521. The molecule has 5 heteroatoms. The molecule has 1 atom stereocenters. The van der Waals surface area contributed by atoms with E-state index in [1.54, 1.807) is 24.3 Å². The Morgan fingerprint density at radius 3 is 2.33 bits per heavy atom. The maximum Gasteiger partial charge on any atom is 0.241 e. The van der Waals surface area contributed by atoms with Gasteiger partial charge >= 0.3 is 0 Å². The van der Waals surface area contributed by atoms with Gasteiger partial charge in [-0.2, -0.15) is 0 Å². The van der Waals surface area contributed by atoms with E-state index in [0.717, 1.165) is 12.8 Å². The lowest BCUT2D eigenvalue weighted by Crippen LogP contribution is -2.52. The van der Waals surface area contributed by atoms with Crippen molar-refractivity contribution in [1.29, 1.82) is 0 Å². The van der Waals surface area contributed by atoms with Gasteiger partial charge in [0.25, 0.3) is 0 Å². The zero-order chi connectivity index (χ0) is 15.6. The van der Waals surface area contributed by atoms with E-state index in [-0.39, 0.29) is 29.9 Å². The number of likely N-dealkylation sites (N-methyl/N-ethyl adjacent to an activating group) is 1. The summed E-state index contributed by atoms with van der Waals surface area (Å²) in [6, 6.07) is 6.86. The van der Waals surface area contributed by atoms with Gasteiger partial charge in [-0.1, -0.05) is 0 Å². The third-order valence-electron chi connectivity index (χ3n) is 4.21. The lowest BCUT2D eigenvalue weighted by molar-refractivity contribution is -0.122. The number of ketones is 1. The van der Waals surface area contributed by atoms with Gasteiger partial charge in [0.15, 0.2) is 5.78 Å². The summed E-state index contributed by atoms with van der Waals surface area (Å²) in [6.07, 6.45) is 1.22. The molecule has 114 valence electrons. The maximum absolute atomic E-state index is 12.2. The molecule has 0 radical (unpaired) electrons. The third kappa shape index (κ3) is 3.68. The Hall–Kier alpha value is -1.72. The second-order valence-electron chi connectivity index (χ2n) is 5.74. The van der Waals surface area contributed by atoms with Crippen molar-refractivity contribution in [1.82, 2.24) is 4.90 Å². The van der Waals surface area contributed by atoms with Gasteiger partial charge < -0.3 is 10.4 Å². The number of aliphatic hydroxyl groups is 1. The summed E-state index contributed by atoms with van der Waals surface area (Å²) in [5, 5.41) is 12.2. The minimum atomic E-state index is -0.269. The number of rotatable bonds is 5. The van der Waals surface area contributed by atoms with Crippen LogP contribution in [0.5, 0.6) is 0 Å². The Labute approximate surface area is 125 Å². The summed E-state index contributed by atoms with van der Waals surface area (Å²) in [7, 11) is 1.90. The number of anilines is 1. The zero-order valence-corrected chi connectivity index (χ0v) is 12.7. The molecule has 2 rings (SSSR count). The Morgan fingerprint density at radius 2 is 1.86 bits per heavy atom. The van der Waals surface area contributed by atoms with Gasteiger partial charge in [-0.15, -0.1) is 0 Å². The lowest BCUT2D eigenvalue weighted by atomic mass is 9.87. The molecule has 1 aliphatic rings. The molecule has 1 aliphatic carbocycles. The summed E-state index contributed by atoms with van der Waals surface area (Å²) in [5.74, 6) is -0.0843. The van der Waals surface area contributed by atoms with Crippen LogP contribution < -0.4 is 5.32 Å². The fourth-order valence-electron chi connectivity index (χ4n) is 2.43. The number of carbonyl (C=O) groups excluding carboxylic acids is 2. The predicted octanol–water partition coefficient (Wildman–Crippen LogP) is 1.67. The number of benzene rings is 1. The number of Topliss-reactive ketones (excluding diaryl/α,β-unsaturated/α-hetero) is 1. The number of hydrogen-bond donors (Lipinski definition) is 2. The van der Waals surface area contributed by atoms with Gasteiger partial charge in [0, 0.05) is 17.3 Å². The first-order valence-corrected chi connectivity index (χ1v) is 7.20. The van der Waals surface area contributed by atoms with Crippen molar-refractivity contribution >= 4 is 17.4 Å². The third-order valence-corrected chi connectivity index (χ3v) is 4.21. The summed E-state index contributed by atoms with van der Waals surface area (Å²) < 4.78 is 0. The van der Waals surface area contributed by atoms with E-state index in [1.165, 1.54) is 6.92 Å². The first kappa shape index (κ1) is 15.7. The normalized spacial score (nSPS) is 22.5. The number of nitrogens with one attached hydrogen (secondary N) is 1. The first-order valence-electron chi connectivity index (χ1n) is 7.20. The molecule has 1 saturated carbocycles. The summed E-state index contributed by atoms with van der Waals surface area (Å²) in [4.78, 5) is 25.4. The van der Waals surface area contributed by atoms with Gasteiger partial charge in [0.05, 0.1) is 12.1 Å². The largest absolute Gasteiger partial charge is 0.393 e. The van der Waals surface area contributed by atoms with Crippen LogP contribution in [0.2, 0.25) is 0 Å². The van der Waals surface area contributed by atoms with Crippen LogP contribution in [-0.4, -0.2) is 46.9 Å². The van der Waals surface area contributed by atoms with Gasteiger partial charge in [0.1, 0.15) is 0 Å². The average molecular weight is 290 g/mol. The Morgan fingerprint density at radius 1 is 1.29 bits per heavy atom. The van der Waals surface area contributed by atoms with E-state index < -0.39 is 0 Å². The van der Waals surface area contributed by atoms with E-state index in [4.69, 9.17) is 0 Å². The standard InChI is InChI=1S/C16H22N2O3/c1-10(18(3)14-8-15(20)9-14)16(21)17-13-6-4-12(5-7-13)11(2)19/h4-7,10,14-15,20H,8-9H2,1-3H3,(H,17,21)/t10-,14?,15?/m0/s1. The minimum Gasteiger partial charge on any atom is -0.393 e. The van der Waals surface area contributed by atoms with Crippen LogP contribution in [0.4, 0.5) is 5.69 Å². The quantitative estimate of drug-likeness (QED) is 0.809. The van der Waals surface area contributed by atoms with Crippen LogP contribution in [0.25, 0.3) is 0 Å². The van der Waals surface area contributed by atoms with Crippen molar-refractivity contribution in [2.24, 2.45) is 0 Å². The summed E-state index contributed by atoms with van der Waals surface area (Å²) in [5.41, 5.74) is 1.31. The van der Waals surface area contributed by atoms with Crippen molar-refractivity contribution in [3.8, 4) is 0 Å². The van der Waals surface area contributed by atoms with Gasteiger partial charge in [0.2, 0.25) is 5.91 Å². The second kappa shape index (κ2) is 6.37. The van der Waals surface area contributed by atoms with Crippen molar-refractivity contribution in [3.05, 3.63) is 29.8 Å². The SMILES string of the molecule is CC(=O)c1ccc(NC(=O)[C@H](C)N(C)C2CC(O)C2)cc1. The lowest BCUT2D eigenvalue weighted by Gasteiger charge is -2.41. The Balaban J connectivity index is 1.92. The molecule has 21 heavy (non-hydrogen) atoms. The van der Waals surface area contributed by atoms with Crippen LogP contribution in [0.1, 0.15) is 37.0 Å². The molecule has 1 amide bonds. The minimum absolute atomic E-state index is 0.00418. The molecule has 2 N–H and O–H groups in total. The molecule has 0 bridgehead atoms. The molecule has 5 nitrogen and oxygen atoms in total. The highest BCUT2D eigenvalue weighted by molar-refractivity contribution is 5.96. The van der Waals surface area contributed by atoms with Crippen molar-refractivity contribution < 1.29 is 14.7 Å². The molecule has 1 fully saturated rings. The van der Waals surface area contributed by atoms with Gasteiger partial charge in [-0.3, -0.25) is 14.5 Å². The molecule has 0 aliphatic heterocycles. The van der Waals surface area contributed by atoms with Crippen LogP contribution >= 0.6 is 0 Å². The van der Waals surface area contributed by atoms with E-state index in [0.29, 0.717) is 11.3 Å². The van der Waals surface area contributed by atoms with E-state index in [9.17, 15) is 14.7 Å². The van der Waals surface area contributed by atoms with Crippen LogP contribution in [0, 0.1) is 0 Å². The van der Waals surface area contributed by atoms with E-state index >= 15 is 0 Å². The number of nitrogens with zero attached hydrogens (tertiary/aromatic N) is 1. The molecular formula is C16H22N2O3. The van der Waals surface area contributed by atoms with E-state index in [1.807, 2.05) is 18.9 Å². The molecule has 0 spiro atoms. The molecule has 0 heterocycles. The molecular weight excluding hydrogens is 268 g/mol. The molecule has 0 aromatic heterocycles. The fraction of sp³-hybridized carbons (Fsp3) is 0.500. The number of aliphatic hydroxyl groups excluding tert-OH is 1.